The van der Waals surface area contributed by atoms with Crippen LogP contribution in [0.5, 0.6) is 5.75 Å². The van der Waals surface area contributed by atoms with Crippen LogP contribution in [0.15, 0.2) is 65.1 Å². The van der Waals surface area contributed by atoms with Gasteiger partial charge in [0, 0.05) is 16.8 Å². The Morgan fingerprint density at radius 1 is 1.14 bits per heavy atom. The summed E-state index contributed by atoms with van der Waals surface area (Å²) in [6, 6.07) is 17.8. The molecule has 0 saturated heterocycles. The average molecular weight is 410 g/mol. The minimum Gasteiger partial charge on any atom is -0.491 e. The number of hydrogen-bond acceptors (Lipinski definition) is 5. The highest BCUT2D eigenvalue weighted by Gasteiger charge is 2.10. The molecule has 0 aliphatic rings. The fourth-order valence-electron chi connectivity index (χ4n) is 2.66. The van der Waals surface area contributed by atoms with Crippen LogP contribution in [-0.4, -0.2) is 22.2 Å². The van der Waals surface area contributed by atoms with Crippen LogP contribution in [0, 0.1) is 0 Å². The second-order valence-corrected chi connectivity index (χ2v) is 7.01. The molecule has 0 saturated carbocycles. The van der Waals surface area contributed by atoms with Crippen molar-refractivity contribution < 1.29 is 19.1 Å². The van der Waals surface area contributed by atoms with E-state index < -0.39 is 0 Å². The van der Waals surface area contributed by atoms with Gasteiger partial charge < -0.3 is 19.6 Å². The van der Waals surface area contributed by atoms with E-state index in [9.17, 15) is 4.79 Å². The van der Waals surface area contributed by atoms with Gasteiger partial charge in [-0.2, -0.15) is 0 Å². The van der Waals surface area contributed by atoms with Gasteiger partial charge in [0.25, 0.3) is 5.91 Å². The summed E-state index contributed by atoms with van der Waals surface area (Å²) >= 11 is 5.24. The van der Waals surface area contributed by atoms with Crippen molar-refractivity contribution in [2.45, 2.75) is 26.6 Å². The third kappa shape index (κ3) is 5.66. The summed E-state index contributed by atoms with van der Waals surface area (Å²) in [6.07, 6.45) is 0.0235. The van der Waals surface area contributed by atoms with E-state index in [1.165, 1.54) is 0 Å². The number of thiocarbonyl (C=S) groups is 1. The van der Waals surface area contributed by atoms with Crippen LogP contribution in [0.1, 0.15) is 30.0 Å². The molecule has 150 valence electrons. The third-order valence-electron chi connectivity index (χ3n) is 3.94. The molecular weight excluding hydrogens is 388 g/mol. The molecule has 29 heavy (non-hydrogen) atoms. The molecule has 2 aromatic carbocycles. The molecule has 3 rings (SSSR count). The molecule has 0 fully saturated rings. The van der Waals surface area contributed by atoms with Crippen molar-refractivity contribution in [1.82, 2.24) is 5.32 Å². The van der Waals surface area contributed by atoms with Gasteiger partial charge in [-0.25, -0.2) is 0 Å². The van der Waals surface area contributed by atoms with Gasteiger partial charge in [-0.05, 0) is 80.7 Å². The van der Waals surface area contributed by atoms with Crippen LogP contribution in [0.25, 0.3) is 11.3 Å². The Morgan fingerprint density at radius 3 is 2.55 bits per heavy atom. The number of ether oxygens (including phenoxy) is 1. The Morgan fingerprint density at radius 2 is 1.90 bits per heavy atom. The third-order valence-corrected chi connectivity index (χ3v) is 4.14. The van der Waals surface area contributed by atoms with E-state index in [2.05, 4.69) is 10.6 Å². The first-order chi connectivity index (χ1) is 13.9. The average Bonchev–Trinajstić information content (AvgIpc) is 3.17. The van der Waals surface area contributed by atoms with Crippen molar-refractivity contribution >= 4 is 28.9 Å². The first-order valence-electron chi connectivity index (χ1n) is 9.13. The maximum absolute atomic E-state index is 12.4. The van der Waals surface area contributed by atoms with Crippen LogP contribution in [0.2, 0.25) is 0 Å². The number of amides is 1. The molecule has 7 heteroatoms. The summed E-state index contributed by atoms with van der Waals surface area (Å²) < 4.78 is 11.1. The van der Waals surface area contributed by atoms with Crippen LogP contribution in [0.3, 0.4) is 0 Å². The zero-order valence-electron chi connectivity index (χ0n) is 16.1. The van der Waals surface area contributed by atoms with Gasteiger partial charge in [0.15, 0.2) is 5.11 Å². The van der Waals surface area contributed by atoms with E-state index in [1.54, 1.807) is 36.4 Å². The maximum atomic E-state index is 12.4. The Labute approximate surface area is 174 Å². The van der Waals surface area contributed by atoms with Crippen molar-refractivity contribution in [3.63, 3.8) is 0 Å². The number of carbonyl (C=O) groups excluding carboxylic acids is 1. The standard InChI is InChI=1S/C22H22N2O4S/c1-14(2)27-18-5-3-4-16(12-18)21(26)24-22(29)23-17-8-6-15(7-9-17)20-11-10-19(13-25)28-20/h3-12,14,25H,13H2,1-2H3,(H2,23,24,26,29). The summed E-state index contributed by atoms with van der Waals surface area (Å²) in [5.74, 6) is 1.48. The van der Waals surface area contributed by atoms with Gasteiger partial charge in [0.1, 0.15) is 23.9 Å². The summed E-state index contributed by atoms with van der Waals surface area (Å²) in [5.41, 5.74) is 2.05. The van der Waals surface area contributed by atoms with Crippen LogP contribution < -0.4 is 15.4 Å². The van der Waals surface area contributed by atoms with Gasteiger partial charge in [0.2, 0.25) is 0 Å². The van der Waals surface area contributed by atoms with Crippen LogP contribution >= 0.6 is 12.2 Å². The highest BCUT2D eigenvalue weighted by Crippen LogP contribution is 2.24. The second-order valence-electron chi connectivity index (χ2n) is 6.60. The number of carbonyl (C=O) groups is 1. The van der Waals surface area contributed by atoms with Gasteiger partial charge in [-0.15, -0.1) is 0 Å². The van der Waals surface area contributed by atoms with Crippen molar-refractivity contribution in [3.8, 4) is 17.1 Å². The molecule has 0 bridgehead atoms. The van der Waals surface area contributed by atoms with Crippen LogP contribution in [-0.2, 0) is 6.61 Å². The molecule has 0 aliphatic carbocycles. The Bertz CT molecular complexity index is 996. The molecule has 1 amide bonds. The largest absolute Gasteiger partial charge is 0.491 e. The van der Waals surface area contributed by atoms with E-state index in [-0.39, 0.29) is 23.7 Å². The number of aliphatic hydroxyl groups is 1. The summed E-state index contributed by atoms with van der Waals surface area (Å²) in [5, 5.41) is 14.9. The van der Waals surface area contributed by atoms with Crippen molar-refractivity contribution in [3.05, 3.63) is 72.0 Å². The first kappa shape index (κ1) is 20.6. The number of anilines is 1. The van der Waals surface area contributed by atoms with Crippen molar-refractivity contribution in [2.24, 2.45) is 0 Å². The first-order valence-corrected chi connectivity index (χ1v) is 9.54. The molecule has 0 aliphatic heterocycles. The summed E-state index contributed by atoms with van der Waals surface area (Å²) in [7, 11) is 0. The van der Waals surface area contributed by atoms with Crippen molar-refractivity contribution in [2.75, 3.05) is 5.32 Å². The molecule has 0 atom stereocenters. The predicted octanol–water partition coefficient (Wildman–Crippen LogP) is 4.35. The lowest BCUT2D eigenvalue weighted by Gasteiger charge is -2.12. The number of rotatable bonds is 6. The Balaban J connectivity index is 1.59. The monoisotopic (exact) mass is 410 g/mol. The molecule has 0 radical (unpaired) electrons. The molecule has 6 nitrogen and oxygen atoms in total. The highest BCUT2D eigenvalue weighted by atomic mass is 32.1. The lowest BCUT2D eigenvalue weighted by atomic mass is 10.1. The number of furan rings is 1. The predicted molar refractivity (Wildman–Crippen MR) is 116 cm³/mol. The fourth-order valence-corrected chi connectivity index (χ4v) is 2.87. The number of nitrogens with one attached hydrogen (secondary N) is 2. The SMILES string of the molecule is CC(C)Oc1cccc(C(=O)NC(=S)Nc2ccc(-c3ccc(CO)o3)cc2)c1. The van der Waals surface area contributed by atoms with E-state index >= 15 is 0 Å². The molecule has 3 aromatic rings. The lowest BCUT2D eigenvalue weighted by molar-refractivity contribution is 0.0977. The van der Waals surface area contributed by atoms with Gasteiger partial charge in [-0.1, -0.05) is 6.07 Å². The van der Waals surface area contributed by atoms with Gasteiger partial charge >= 0.3 is 0 Å². The minimum atomic E-state index is -0.319. The maximum Gasteiger partial charge on any atom is 0.257 e. The van der Waals surface area contributed by atoms with Crippen LogP contribution in [0.4, 0.5) is 5.69 Å². The molecule has 3 N–H and O–H groups in total. The van der Waals surface area contributed by atoms with Gasteiger partial charge in [-0.3, -0.25) is 10.1 Å². The zero-order valence-corrected chi connectivity index (χ0v) is 17.0. The molecule has 1 aromatic heterocycles. The number of aliphatic hydroxyl groups excluding tert-OH is 1. The topological polar surface area (TPSA) is 83.7 Å². The molecule has 0 unspecified atom stereocenters. The highest BCUT2D eigenvalue weighted by molar-refractivity contribution is 7.80. The summed E-state index contributed by atoms with van der Waals surface area (Å²) in [6.45, 7) is 3.71. The molecular formula is C22H22N2O4S. The second kappa shape index (κ2) is 9.36. The van der Waals surface area contributed by atoms with E-state index in [0.29, 0.717) is 22.8 Å². The van der Waals surface area contributed by atoms with Gasteiger partial charge in [0.05, 0.1) is 6.10 Å². The zero-order chi connectivity index (χ0) is 20.8. The quantitative estimate of drug-likeness (QED) is 0.524. The normalized spacial score (nSPS) is 10.6. The summed E-state index contributed by atoms with van der Waals surface area (Å²) in [4.78, 5) is 12.4. The molecule has 1 heterocycles. The molecule has 0 spiro atoms. The smallest absolute Gasteiger partial charge is 0.257 e. The Hall–Kier alpha value is -3.16. The lowest BCUT2D eigenvalue weighted by Crippen LogP contribution is -2.34. The number of benzene rings is 2. The Kier molecular flexibility index (Phi) is 6.64. The van der Waals surface area contributed by atoms with E-state index in [1.807, 2.05) is 38.1 Å². The fraction of sp³-hybridized carbons (Fsp3) is 0.182. The van der Waals surface area contributed by atoms with E-state index in [0.717, 1.165) is 11.3 Å². The minimum absolute atomic E-state index is 0.0235. The van der Waals surface area contributed by atoms with E-state index in [4.69, 9.17) is 26.5 Å². The number of hydrogen-bond donors (Lipinski definition) is 3. The van der Waals surface area contributed by atoms with Crippen molar-refractivity contribution in [1.29, 1.82) is 0 Å².